The molecule has 0 aromatic heterocycles. The fourth-order valence-electron chi connectivity index (χ4n) is 1.95. The van der Waals surface area contributed by atoms with Crippen molar-refractivity contribution in [3.05, 3.63) is 0 Å². The average molecular weight is 180 g/mol. The summed E-state index contributed by atoms with van der Waals surface area (Å²) in [5, 5.41) is 0. The summed E-state index contributed by atoms with van der Waals surface area (Å²) in [7, 11) is 0. The third-order valence-electron chi connectivity index (χ3n) is 3.00. The van der Waals surface area contributed by atoms with Crippen molar-refractivity contribution in [2.45, 2.75) is 46.5 Å². The summed E-state index contributed by atoms with van der Waals surface area (Å²) >= 11 is 0. The van der Waals surface area contributed by atoms with E-state index in [1.54, 1.807) is 0 Å². The summed E-state index contributed by atoms with van der Waals surface area (Å²) in [6.45, 7) is 7.11. The van der Waals surface area contributed by atoms with E-state index in [1.807, 2.05) is 0 Å². The first-order valence-electron chi connectivity index (χ1n) is 4.70. The summed E-state index contributed by atoms with van der Waals surface area (Å²) in [5.74, 6) is 2.97. The molecule has 11 heavy (non-hydrogen) atoms. The first kappa shape index (κ1) is 12.3. The first-order chi connectivity index (χ1) is 4.70. The van der Waals surface area contributed by atoms with Gasteiger partial charge in [0.1, 0.15) is 0 Å². The first-order valence-corrected chi connectivity index (χ1v) is 4.70. The number of rotatable bonds is 1. The number of hydrogen-bond donors (Lipinski definition) is 0. The molecule has 0 unspecified atom stereocenters. The van der Waals surface area contributed by atoms with Gasteiger partial charge in [-0.1, -0.05) is 33.6 Å². The summed E-state index contributed by atoms with van der Waals surface area (Å²) in [6.07, 6.45) is 5.92. The van der Waals surface area contributed by atoms with Crippen molar-refractivity contribution in [1.82, 2.24) is 0 Å². The molecule has 1 aliphatic rings. The summed E-state index contributed by atoms with van der Waals surface area (Å²) in [4.78, 5) is 0. The van der Waals surface area contributed by atoms with Crippen molar-refractivity contribution in [3.63, 3.8) is 0 Å². The van der Waals surface area contributed by atoms with Crippen LogP contribution in [0.2, 0.25) is 0 Å². The maximum Gasteiger partial charge on any atom is 0 e. The summed E-state index contributed by atoms with van der Waals surface area (Å²) < 4.78 is 0. The molecule has 0 bridgehead atoms. The van der Waals surface area contributed by atoms with Crippen molar-refractivity contribution >= 4 is 37.7 Å². The van der Waals surface area contributed by atoms with E-state index in [0.717, 1.165) is 17.8 Å². The molecule has 0 aromatic rings. The molecule has 0 amide bonds. The van der Waals surface area contributed by atoms with Crippen LogP contribution in [-0.4, -0.2) is 37.7 Å². The maximum absolute atomic E-state index is 2.39. The predicted molar refractivity (Wildman–Crippen MR) is 51.7 cm³/mol. The predicted octanol–water partition coefficient (Wildman–Crippen LogP) is 3.09. The maximum atomic E-state index is 2.39. The zero-order chi connectivity index (χ0) is 7.56. The third-order valence-corrected chi connectivity index (χ3v) is 3.00. The van der Waals surface area contributed by atoms with E-state index in [-0.39, 0.29) is 37.7 Å². The van der Waals surface area contributed by atoms with Crippen LogP contribution in [0.5, 0.6) is 0 Å². The Bertz CT molecular complexity index is 91.0. The van der Waals surface area contributed by atoms with Gasteiger partial charge in [-0.2, -0.15) is 0 Å². The van der Waals surface area contributed by atoms with E-state index < -0.39 is 0 Å². The van der Waals surface area contributed by atoms with Gasteiger partial charge in [0.05, 0.1) is 0 Å². The van der Waals surface area contributed by atoms with Crippen molar-refractivity contribution in [3.8, 4) is 0 Å². The van der Waals surface area contributed by atoms with Crippen LogP contribution in [0.4, 0.5) is 0 Å². The van der Waals surface area contributed by atoms with Crippen LogP contribution in [0.25, 0.3) is 0 Å². The topological polar surface area (TPSA) is 0 Å². The average Bonchev–Trinajstić information content (AvgIpc) is 1.88. The second kappa shape index (κ2) is 5.83. The Balaban J connectivity index is 0.000001000. The monoisotopic (exact) mass is 180 g/mol. The molecule has 0 aliphatic heterocycles. The minimum Gasteiger partial charge on any atom is -0.0625 e. The molecule has 0 heterocycles. The van der Waals surface area contributed by atoms with Gasteiger partial charge in [-0.3, -0.25) is 0 Å². The fraction of sp³-hybridized carbons (Fsp3) is 1.00. The van der Waals surface area contributed by atoms with Gasteiger partial charge in [-0.05, 0) is 30.6 Å². The molecule has 1 rings (SSSR count). The molecule has 1 fully saturated rings. The number of hydrogen-bond acceptors (Lipinski definition) is 0. The Hall–Kier alpha value is 1.26. The van der Waals surface area contributed by atoms with Crippen molar-refractivity contribution in [2.75, 3.05) is 0 Å². The zero-order valence-corrected chi connectivity index (χ0v) is 10.5. The second-order valence-corrected chi connectivity index (χ2v) is 4.26. The molecule has 0 nitrogen and oxygen atoms in total. The molecule has 62 valence electrons. The van der Waals surface area contributed by atoms with Gasteiger partial charge >= 0.3 is 0 Å². The van der Waals surface area contributed by atoms with Gasteiger partial charge in [0.25, 0.3) is 0 Å². The Morgan fingerprint density at radius 3 is 1.82 bits per heavy atom. The SMILES string of the molecule is CC1CCC(C(C)C)CC1.[Ca]. The molecule has 0 N–H and O–H groups in total. The Morgan fingerprint density at radius 1 is 1.00 bits per heavy atom. The van der Waals surface area contributed by atoms with Crippen molar-refractivity contribution in [2.24, 2.45) is 17.8 Å². The Labute approximate surface area is 101 Å². The molecule has 1 saturated carbocycles. The zero-order valence-electron chi connectivity index (χ0n) is 8.27. The van der Waals surface area contributed by atoms with Gasteiger partial charge in [-0.25, -0.2) is 0 Å². The minimum absolute atomic E-state index is 0. The van der Waals surface area contributed by atoms with Gasteiger partial charge in [0.15, 0.2) is 0 Å². The van der Waals surface area contributed by atoms with E-state index in [9.17, 15) is 0 Å². The molecule has 0 saturated heterocycles. The molecule has 1 aliphatic carbocycles. The Morgan fingerprint density at radius 2 is 1.45 bits per heavy atom. The molecular weight excluding hydrogens is 160 g/mol. The van der Waals surface area contributed by atoms with E-state index >= 15 is 0 Å². The fourth-order valence-corrected chi connectivity index (χ4v) is 1.95. The Kier molecular flexibility index (Phi) is 6.50. The minimum atomic E-state index is 0. The van der Waals surface area contributed by atoms with E-state index in [4.69, 9.17) is 0 Å². The van der Waals surface area contributed by atoms with Crippen LogP contribution in [0.3, 0.4) is 0 Å². The van der Waals surface area contributed by atoms with E-state index in [1.165, 1.54) is 25.7 Å². The molecule has 1 heteroatoms. The summed E-state index contributed by atoms with van der Waals surface area (Å²) in [5.41, 5.74) is 0. The van der Waals surface area contributed by atoms with Crippen LogP contribution < -0.4 is 0 Å². The quantitative estimate of drug-likeness (QED) is 0.544. The van der Waals surface area contributed by atoms with E-state index in [0.29, 0.717) is 0 Å². The molecular formula is C10H20Ca. The molecule has 2 radical (unpaired) electrons. The van der Waals surface area contributed by atoms with Crippen molar-refractivity contribution < 1.29 is 0 Å². The van der Waals surface area contributed by atoms with Crippen molar-refractivity contribution in [1.29, 1.82) is 0 Å². The second-order valence-electron chi connectivity index (χ2n) is 4.26. The molecule has 0 atom stereocenters. The van der Waals surface area contributed by atoms with Crippen LogP contribution in [0, 0.1) is 17.8 Å². The van der Waals surface area contributed by atoms with Gasteiger partial charge in [0.2, 0.25) is 0 Å². The van der Waals surface area contributed by atoms with Crippen LogP contribution in [-0.2, 0) is 0 Å². The largest absolute Gasteiger partial charge is 0.0625 e. The normalized spacial score (nSPS) is 31.6. The standard InChI is InChI=1S/C10H20.Ca/c1-8(2)10-6-4-9(3)5-7-10;/h8-10H,4-7H2,1-3H3;. The molecule has 0 aromatic carbocycles. The summed E-state index contributed by atoms with van der Waals surface area (Å²) in [6, 6.07) is 0. The van der Waals surface area contributed by atoms with Gasteiger partial charge < -0.3 is 0 Å². The van der Waals surface area contributed by atoms with Crippen LogP contribution in [0.15, 0.2) is 0 Å². The third kappa shape index (κ3) is 4.15. The smallest absolute Gasteiger partial charge is 0 e. The van der Waals surface area contributed by atoms with Crippen LogP contribution >= 0.6 is 0 Å². The van der Waals surface area contributed by atoms with Gasteiger partial charge in [-0.15, -0.1) is 0 Å². The van der Waals surface area contributed by atoms with E-state index in [2.05, 4.69) is 20.8 Å². The van der Waals surface area contributed by atoms with Crippen LogP contribution in [0.1, 0.15) is 46.5 Å². The van der Waals surface area contributed by atoms with Gasteiger partial charge in [0, 0.05) is 37.7 Å². The molecule has 0 spiro atoms.